The van der Waals surface area contributed by atoms with Gasteiger partial charge in [-0.3, -0.25) is 9.59 Å². The predicted molar refractivity (Wildman–Crippen MR) is 94.0 cm³/mol. The summed E-state index contributed by atoms with van der Waals surface area (Å²) in [6.45, 7) is 3.98. The first-order chi connectivity index (χ1) is 12.1. The number of unbranched alkanes of at least 4 members (excludes halogenated alkanes) is 1. The van der Waals surface area contributed by atoms with E-state index >= 15 is 0 Å². The van der Waals surface area contributed by atoms with Crippen LogP contribution >= 0.6 is 0 Å². The van der Waals surface area contributed by atoms with Gasteiger partial charge in [0.05, 0.1) is 25.2 Å². The number of methoxy groups -OCH3 is 1. The molecule has 6 nitrogen and oxygen atoms in total. The molecule has 0 aromatic heterocycles. The van der Waals surface area contributed by atoms with Crippen molar-refractivity contribution in [2.75, 3.05) is 31.7 Å². The molecule has 0 N–H and O–H groups in total. The van der Waals surface area contributed by atoms with Crippen LogP contribution in [0.4, 0.5) is 5.69 Å². The molecule has 1 fully saturated rings. The molecule has 1 aliphatic rings. The molecule has 1 heterocycles. The quantitative estimate of drug-likeness (QED) is 0.429. The molecule has 136 valence electrons. The average molecular weight is 347 g/mol. The lowest BCUT2D eigenvalue weighted by molar-refractivity contribution is -0.149. The molecule has 1 aromatic carbocycles. The summed E-state index contributed by atoms with van der Waals surface area (Å²) in [5.74, 6) is -0.696. The Morgan fingerprint density at radius 3 is 2.60 bits per heavy atom. The van der Waals surface area contributed by atoms with Crippen molar-refractivity contribution in [2.45, 2.75) is 32.6 Å². The monoisotopic (exact) mass is 347 g/mol. The molecule has 0 aliphatic carbocycles. The minimum absolute atomic E-state index is 0.0620. The van der Waals surface area contributed by atoms with E-state index in [4.69, 9.17) is 4.74 Å². The molecular formula is C19H25NO5. The van der Waals surface area contributed by atoms with Crippen LogP contribution in [0, 0.1) is 5.92 Å². The van der Waals surface area contributed by atoms with E-state index in [0.717, 1.165) is 31.4 Å². The zero-order valence-electron chi connectivity index (χ0n) is 14.8. The number of carbonyl (C=O) groups is 3. The van der Waals surface area contributed by atoms with Gasteiger partial charge in [-0.2, -0.15) is 0 Å². The molecule has 0 spiro atoms. The number of carbonyl (C=O) groups excluding carboxylic acids is 3. The lowest BCUT2D eigenvalue weighted by atomic mass is 9.96. The minimum Gasteiger partial charge on any atom is -0.465 e. The summed E-state index contributed by atoms with van der Waals surface area (Å²) in [4.78, 5) is 37.1. The topological polar surface area (TPSA) is 72.9 Å². The van der Waals surface area contributed by atoms with Crippen LogP contribution in [-0.2, 0) is 14.3 Å². The lowest BCUT2D eigenvalue weighted by Crippen LogP contribution is -2.37. The first-order valence-electron chi connectivity index (χ1n) is 8.69. The molecular weight excluding hydrogens is 322 g/mol. The van der Waals surface area contributed by atoms with Crippen molar-refractivity contribution >= 4 is 23.9 Å². The minimum atomic E-state index is -0.526. The summed E-state index contributed by atoms with van der Waals surface area (Å²) >= 11 is 0. The molecule has 0 saturated carbocycles. The van der Waals surface area contributed by atoms with Crippen LogP contribution in [0.1, 0.15) is 53.3 Å². The Bertz CT molecular complexity index is 620. The lowest BCUT2D eigenvalue weighted by Gasteiger charge is -2.32. The van der Waals surface area contributed by atoms with Crippen molar-refractivity contribution in [3.63, 3.8) is 0 Å². The van der Waals surface area contributed by atoms with Crippen molar-refractivity contribution < 1.29 is 23.9 Å². The van der Waals surface area contributed by atoms with Crippen molar-refractivity contribution in [3.05, 3.63) is 29.3 Å². The summed E-state index contributed by atoms with van der Waals surface area (Å²) in [5, 5.41) is 0. The molecule has 2 rings (SSSR count). The van der Waals surface area contributed by atoms with E-state index in [-0.39, 0.29) is 17.5 Å². The number of nitrogens with zero attached hydrogens (tertiary/aromatic N) is 1. The van der Waals surface area contributed by atoms with Gasteiger partial charge in [-0.15, -0.1) is 0 Å². The maximum absolute atomic E-state index is 12.0. The third-order valence-corrected chi connectivity index (χ3v) is 4.50. The van der Waals surface area contributed by atoms with Crippen LogP contribution in [0.5, 0.6) is 0 Å². The Morgan fingerprint density at radius 1 is 1.28 bits per heavy atom. The fraction of sp³-hybridized carbons (Fsp3) is 0.526. The van der Waals surface area contributed by atoms with Crippen LogP contribution in [0.3, 0.4) is 0 Å². The molecule has 25 heavy (non-hydrogen) atoms. The van der Waals surface area contributed by atoms with Gasteiger partial charge in [-0.05, 0) is 37.5 Å². The zero-order valence-corrected chi connectivity index (χ0v) is 14.8. The van der Waals surface area contributed by atoms with E-state index in [1.54, 1.807) is 18.2 Å². The average Bonchev–Trinajstić information content (AvgIpc) is 2.67. The highest BCUT2D eigenvalue weighted by molar-refractivity contribution is 5.99. The van der Waals surface area contributed by atoms with Gasteiger partial charge in [0.1, 0.15) is 0 Å². The fourth-order valence-corrected chi connectivity index (χ4v) is 2.95. The third kappa shape index (κ3) is 4.81. The number of ether oxygens (including phenoxy) is 2. The number of rotatable bonds is 7. The van der Waals surface area contributed by atoms with E-state index in [0.29, 0.717) is 31.5 Å². The van der Waals surface area contributed by atoms with Crippen molar-refractivity contribution in [1.82, 2.24) is 0 Å². The SMILES string of the molecule is CCCCOC(=O)C1CCN(c2ccc(C(=O)OC)c(C=O)c2)CC1. The van der Waals surface area contributed by atoms with Crippen LogP contribution in [0.25, 0.3) is 0 Å². The Morgan fingerprint density at radius 2 is 2.00 bits per heavy atom. The van der Waals surface area contributed by atoms with Gasteiger partial charge in [0, 0.05) is 24.3 Å². The van der Waals surface area contributed by atoms with Crippen LogP contribution in [0.2, 0.25) is 0 Å². The number of benzene rings is 1. The van der Waals surface area contributed by atoms with Crippen molar-refractivity contribution in [1.29, 1.82) is 0 Å². The second kappa shape index (κ2) is 9.20. The molecule has 6 heteroatoms. The molecule has 0 radical (unpaired) electrons. The first kappa shape index (κ1) is 19.0. The first-order valence-corrected chi connectivity index (χ1v) is 8.69. The van der Waals surface area contributed by atoms with Gasteiger partial charge in [-0.25, -0.2) is 4.79 Å². The van der Waals surface area contributed by atoms with Gasteiger partial charge in [0.25, 0.3) is 0 Å². The van der Waals surface area contributed by atoms with Gasteiger partial charge >= 0.3 is 11.9 Å². The van der Waals surface area contributed by atoms with Gasteiger partial charge in [0.15, 0.2) is 6.29 Å². The Labute approximate surface area is 148 Å². The number of hydrogen-bond acceptors (Lipinski definition) is 6. The summed E-state index contributed by atoms with van der Waals surface area (Å²) < 4.78 is 9.98. The van der Waals surface area contributed by atoms with Gasteiger partial charge < -0.3 is 14.4 Å². The third-order valence-electron chi connectivity index (χ3n) is 4.50. The van der Waals surface area contributed by atoms with E-state index in [9.17, 15) is 14.4 Å². The highest BCUT2D eigenvalue weighted by Crippen LogP contribution is 2.26. The van der Waals surface area contributed by atoms with Crippen molar-refractivity contribution in [3.8, 4) is 0 Å². The summed E-state index contributed by atoms with van der Waals surface area (Å²) in [6, 6.07) is 5.11. The molecule has 1 aliphatic heterocycles. The fourth-order valence-electron chi connectivity index (χ4n) is 2.95. The van der Waals surface area contributed by atoms with Crippen LogP contribution < -0.4 is 4.90 Å². The number of aldehydes is 1. The Hall–Kier alpha value is -2.37. The van der Waals surface area contributed by atoms with Crippen molar-refractivity contribution in [2.24, 2.45) is 5.92 Å². The van der Waals surface area contributed by atoms with Gasteiger partial charge in [-0.1, -0.05) is 13.3 Å². The number of hydrogen-bond donors (Lipinski definition) is 0. The predicted octanol–water partition coefficient (Wildman–Crippen LogP) is 2.85. The maximum Gasteiger partial charge on any atom is 0.338 e. The maximum atomic E-state index is 12.0. The van der Waals surface area contributed by atoms with E-state index in [2.05, 4.69) is 16.6 Å². The molecule has 1 aromatic rings. The highest BCUT2D eigenvalue weighted by Gasteiger charge is 2.26. The van der Waals surface area contributed by atoms with E-state index < -0.39 is 5.97 Å². The molecule has 0 unspecified atom stereocenters. The highest BCUT2D eigenvalue weighted by atomic mass is 16.5. The van der Waals surface area contributed by atoms with Crippen LogP contribution in [-0.4, -0.2) is 45.0 Å². The number of esters is 2. The Balaban J connectivity index is 1.97. The molecule has 0 atom stereocenters. The second-order valence-electron chi connectivity index (χ2n) is 6.16. The summed E-state index contributed by atoms with van der Waals surface area (Å²) in [5.41, 5.74) is 1.44. The van der Waals surface area contributed by atoms with E-state index in [1.165, 1.54) is 7.11 Å². The Kier molecular flexibility index (Phi) is 6.98. The van der Waals surface area contributed by atoms with E-state index in [1.807, 2.05) is 0 Å². The second-order valence-corrected chi connectivity index (χ2v) is 6.16. The largest absolute Gasteiger partial charge is 0.465 e. The normalized spacial score (nSPS) is 14.9. The van der Waals surface area contributed by atoms with Gasteiger partial charge in [0.2, 0.25) is 0 Å². The number of anilines is 1. The smallest absolute Gasteiger partial charge is 0.338 e. The standard InChI is InChI=1S/C19H25NO5/c1-3-4-11-25-18(22)14-7-9-20(10-8-14)16-5-6-17(19(23)24-2)15(12-16)13-21/h5-6,12-14H,3-4,7-11H2,1-2H3. The zero-order chi connectivity index (χ0) is 18.2. The van der Waals surface area contributed by atoms with Crippen LogP contribution in [0.15, 0.2) is 18.2 Å². The molecule has 1 saturated heterocycles. The number of piperidine rings is 1. The molecule has 0 amide bonds. The summed E-state index contributed by atoms with van der Waals surface area (Å²) in [6.07, 6.45) is 4.01. The summed E-state index contributed by atoms with van der Waals surface area (Å²) in [7, 11) is 1.29. The molecule has 0 bridgehead atoms.